The molecule has 102 valence electrons. The molecular formula is C12H20N2O4. The third-order valence-corrected chi connectivity index (χ3v) is 2.91. The maximum atomic E-state index is 12.0. The van der Waals surface area contributed by atoms with Crippen LogP contribution >= 0.6 is 0 Å². The second-order valence-electron chi connectivity index (χ2n) is 4.35. The van der Waals surface area contributed by atoms with Crippen molar-refractivity contribution in [3.63, 3.8) is 0 Å². The van der Waals surface area contributed by atoms with E-state index in [1.165, 1.54) is 4.90 Å². The number of urea groups is 1. The van der Waals surface area contributed by atoms with E-state index in [9.17, 15) is 14.7 Å². The number of nitrogens with zero attached hydrogens (tertiary/aromatic N) is 1. The zero-order valence-electron chi connectivity index (χ0n) is 10.6. The molecule has 0 aromatic carbocycles. The molecule has 1 heterocycles. The van der Waals surface area contributed by atoms with E-state index in [1.54, 1.807) is 6.08 Å². The highest BCUT2D eigenvalue weighted by Crippen LogP contribution is 2.19. The van der Waals surface area contributed by atoms with Crippen LogP contribution in [0.25, 0.3) is 0 Å². The summed E-state index contributed by atoms with van der Waals surface area (Å²) in [6.45, 7) is 6.87. The molecule has 0 spiro atoms. The Labute approximate surface area is 107 Å². The predicted molar refractivity (Wildman–Crippen MR) is 66.4 cm³/mol. The first-order valence-electron chi connectivity index (χ1n) is 6.05. The van der Waals surface area contributed by atoms with Gasteiger partial charge in [0.15, 0.2) is 5.54 Å². The normalized spacial score (nSPS) is 22.5. The van der Waals surface area contributed by atoms with Crippen LogP contribution in [0.15, 0.2) is 12.7 Å². The molecule has 0 radical (unpaired) electrons. The Balaban J connectivity index is 2.70. The number of hydrogen-bond donors (Lipinski definition) is 2. The molecule has 1 rings (SSSR count). The molecule has 0 saturated carbocycles. The van der Waals surface area contributed by atoms with Crippen LogP contribution in [0.5, 0.6) is 0 Å². The zero-order valence-corrected chi connectivity index (χ0v) is 10.6. The monoisotopic (exact) mass is 256 g/mol. The summed E-state index contributed by atoms with van der Waals surface area (Å²) in [4.78, 5) is 24.8. The van der Waals surface area contributed by atoms with E-state index in [2.05, 4.69) is 11.9 Å². The number of carbonyl (C=O) groups excluding carboxylic acids is 1. The summed E-state index contributed by atoms with van der Waals surface area (Å²) in [5, 5.41) is 11.8. The fourth-order valence-electron chi connectivity index (χ4n) is 1.87. The molecule has 1 aliphatic rings. The Hall–Kier alpha value is -1.56. The second kappa shape index (κ2) is 6.39. The Morgan fingerprint density at radius 2 is 2.33 bits per heavy atom. The topological polar surface area (TPSA) is 78.9 Å². The molecule has 1 aliphatic heterocycles. The van der Waals surface area contributed by atoms with Crippen molar-refractivity contribution in [3.8, 4) is 0 Å². The SMILES string of the molecule is C=CCN(CCC)C(=O)NC1(C(=O)O)CCOC1. The predicted octanol–water partition coefficient (Wildman–Crippen LogP) is 0.838. The van der Waals surface area contributed by atoms with Crippen molar-refractivity contribution >= 4 is 12.0 Å². The molecule has 0 aromatic rings. The lowest BCUT2D eigenvalue weighted by Crippen LogP contribution is -2.58. The first-order valence-corrected chi connectivity index (χ1v) is 6.05. The van der Waals surface area contributed by atoms with Gasteiger partial charge < -0.3 is 20.1 Å². The van der Waals surface area contributed by atoms with Gasteiger partial charge in [-0.2, -0.15) is 0 Å². The highest BCUT2D eigenvalue weighted by Gasteiger charge is 2.44. The van der Waals surface area contributed by atoms with Gasteiger partial charge in [0.25, 0.3) is 0 Å². The molecule has 0 bridgehead atoms. The van der Waals surface area contributed by atoms with Crippen molar-refractivity contribution in [1.29, 1.82) is 0 Å². The van der Waals surface area contributed by atoms with Crippen LogP contribution in [0.1, 0.15) is 19.8 Å². The highest BCUT2D eigenvalue weighted by molar-refractivity contribution is 5.86. The van der Waals surface area contributed by atoms with Crippen LogP contribution in [0, 0.1) is 0 Å². The molecule has 6 heteroatoms. The van der Waals surface area contributed by atoms with Gasteiger partial charge in [-0.1, -0.05) is 13.0 Å². The minimum absolute atomic E-state index is 0.0160. The van der Waals surface area contributed by atoms with E-state index in [-0.39, 0.29) is 12.6 Å². The molecule has 1 atom stereocenters. The summed E-state index contributed by atoms with van der Waals surface area (Å²) in [5.74, 6) is -1.05. The average molecular weight is 256 g/mol. The first-order chi connectivity index (χ1) is 8.55. The van der Waals surface area contributed by atoms with E-state index < -0.39 is 11.5 Å². The van der Waals surface area contributed by atoms with E-state index in [0.717, 1.165) is 6.42 Å². The van der Waals surface area contributed by atoms with Crippen molar-refractivity contribution in [1.82, 2.24) is 10.2 Å². The summed E-state index contributed by atoms with van der Waals surface area (Å²) >= 11 is 0. The summed E-state index contributed by atoms with van der Waals surface area (Å²) in [5.41, 5.74) is -1.29. The van der Waals surface area contributed by atoms with Crippen molar-refractivity contribution in [2.45, 2.75) is 25.3 Å². The number of carboxylic acids is 1. The van der Waals surface area contributed by atoms with E-state index in [0.29, 0.717) is 26.1 Å². The summed E-state index contributed by atoms with van der Waals surface area (Å²) in [6, 6.07) is -0.385. The average Bonchev–Trinajstić information content (AvgIpc) is 2.78. The van der Waals surface area contributed by atoms with Gasteiger partial charge in [0.05, 0.1) is 6.61 Å². The van der Waals surface area contributed by atoms with Crippen LogP contribution in [0.4, 0.5) is 4.79 Å². The van der Waals surface area contributed by atoms with E-state index in [4.69, 9.17) is 4.74 Å². The van der Waals surface area contributed by atoms with Crippen molar-refractivity contribution in [2.75, 3.05) is 26.3 Å². The Morgan fingerprint density at radius 3 is 2.78 bits per heavy atom. The van der Waals surface area contributed by atoms with Gasteiger partial charge in [0, 0.05) is 26.1 Å². The molecular weight excluding hydrogens is 236 g/mol. The number of carbonyl (C=O) groups is 2. The van der Waals surface area contributed by atoms with Crippen LogP contribution in [0.2, 0.25) is 0 Å². The Morgan fingerprint density at radius 1 is 1.61 bits per heavy atom. The van der Waals surface area contributed by atoms with Crippen LogP contribution < -0.4 is 5.32 Å². The third kappa shape index (κ3) is 3.22. The number of rotatable bonds is 6. The number of amides is 2. The summed E-state index contributed by atoms with van der Waals surface area (Å²) in [7, 11) is 0. The molecule has 6 nitrogen and oxygen atoms in total. The fourth-order valence-corrected chi connectivity index (χ4v) is 1.87. The molecule has 2 amide bonds. The molecule has 18 heavy (non-hydrogen) atoms. The number of carboxylic acid groups (broad SMARTS) is 1. The van der Waals surface area contributed by atoms with Gasteiger partial charge in [-0.25, -0.2) is 9.59 Å². The lowest BCUT2D eigenvalue weighted by atomic mass is 9.99. The minimum Gasteiger partial charge on any atom is -0.479 e. The molecule has 2 N–H and O–H groups in total. The number of ether oxygens (including phenoxy) is 1. The molecule has 1 fully saturated rings. The van der Waals surface area contributed by atoms with E-state index in [1.807, 2.05) is 6.92 Å². The third-order valence-electron chi connectivity index (χ3n) is 2.91. The van der Waals surface area contributed by atoms with Crippen LogP contribution in [-0.2, 0) is 9.53 Å². The highest BCUT2D eigenvalue weighted by atomic mass is 16.5. The number of aliphatic carboxylic acids is 1. The number of hydrogen-bond acceptors (Lipinski definition) is 3. The number of nitrogens with one attached hydrogen (secondary N) is 1. The first kappa shape index (κ1) is 14.5. The van der Waals surface area contributed by atoms with Crippen molar-refractivity contribution in [3.05, 3.63) is 12.7 Å². The largest absolute Gasteiger partial charge is 0.479 e. The molecule has 1 saturated heterocycles. The second-order valence-corrected chi connectivity index (χ2v) is 4.35. The summed E-state index contributed by atoms with van der Waals surface area (Å²) in [6.07, 6.45) is 2.72. The maximum Gasteiger partial charge on any atom is 0.332 e. The van der Waals surface area contributed by atoms with Gasteiger partial charge in [-0.05, 0) is 6.42 Å². The summed E-state index contributed by atoms with van der Waals surface area (Å²) < 4.78 is 5.09. The van der Waals surface area contributed by atoms with Crippen molar-refractivity contribution < 1.29 is 19.4 Å². The molecule has 1 unspecified atom stereocenters. The van der Waals surface area contributed by atoms with E-state index >= 15 is 0 Å². The standard InChI is InChI=1S/C12H20N2O4/c1-3-6-14(7-4-2)11(17)13-12(10(15)16)5-8-18-9-12/h3H,1,4-9H2,2H3,(H,13,17)(H,15,16). The van der Waals surface area contributed by atoms with Gasteiger partial charge in [0.2, 0.25) is 0 Å². The maximum absolute atomic E-state index is 12.0. The lowest BCUT2D eigenvalue weighted by molar-refractivity contribution is -0.144. The zero-order chi connectivity index (χ0) is 13.6. The van der Waals surface area contributed by atoms with Gasteiger partial charge in [-0.3, -0.25) is 0 Å². The van der Waals surface area contributed by atoms with Gasteiger partial charge >= 0.3 is 12.0 Å². The minimum atomic E-state index is -1.29. The Kier molecular flexibility index (Phi) is 5.15. The molecule has 0 aromatic heterocycles. The van der Waals surface area contributed by atoms with Crippen molar-refractivity contribution in [2.24, 2.45) is 0 Å². The fraction of sp³-hybridized carbons (Fsp3) is 0.667. The lowest BCUT2D eigenvalue weighted by Gasteiger charge is -2.28. The van der Waals surface area contributed by atoms with Gasteiger partial charge in [0.1, 0.15) is 0 Å². The Bertz CT molecular complexity index is 324. The smallest absolute Gasteiger partial charge is 0.332 e. The van der Waals surface area contributed by atoms with Gasteiger partial charge in [-0.15, -0.1) is 6.58 Å². The quantitative estimate of drug-likeness (QED) is 0.690. The van der Waals surface area contributed by atoms with Crippen LogP contribution in [0.3, 0.4) is 0 Å². The molecule has 0 aliphatic carbocycles. The van der Waals surface area contributed by atoms with Crippen LogP contribution in [-0.4, -0.2) is 53.8 Å².